The molecule has 1 atom stereocenters. The molecule has 1 aromatic rings. The largest absolute Gasteiger partial charge is 0.454 e. The molecule has 17 heavy (non-hydrogen) atoms. The Morgan fingerprint density at radius 3 is 2.47 bits per heavy atom. The summed E-state index contributed by atoms with van der Waals surface area (Å²) >= 11 is 1.12. The van der Waals surface area contributed by atoms with Crippen LogP contribution in [0.2, 0.25) is 0 Å². The Kier molecular flexibility index (Phi) is 5.77. The van der Waals surface area contributed by atoms with Gasteiger partial charge in [-0.05, 0) is 30.3 Å². The molecule has 0 radical (unpaired) electrons. The zero-order valence-electron chi connectivity index (χ0n) is 10.0. The summed E-state index contributed by atoms with van der Waals surface area (Å²) in [6.45, 7) is 3.28. The van der Waals surface area contributed by atoms with Crippen LogP contribution in [0.15, 0.2) is 35.2 Å². The van der Waals surface area contributed by atoms with E-state index >= 15 is 0 Å². The lowest BCUT2D eigenvalue weighted by Crippen LogP contribution is -2.23. The highest BCUT2D eigenvalue weighted by Crippen LogP contribution is 2.22. The third kappa shape index (κ3) is 5.04. The number of carbonyl (C=O) groups is 2. The van der Waals surface area contributed by atoms with Gasteiger partial charge in [-0.15, -0.1) is 0 Å². The highest BCUT2D eigenvalue weighted by Gasteiger charge is 2.21. The Morgan fingerprint density at radius 1 is 1.29 bits per heavy atom. The molecule has 0 saturated carbocycles. The minimum absolute atomic E-state index is 0.117. The highest BCUT2D eigenvalue weighted by atomic mass is 32.2. The van der Waals surface area contributed by atoms with Crippen molar-refractivity contribution in [2.24, 2.45) is 0 Å². The summed E-state index contributed by atoms with van der Waals surface area (Å²) in [5.41, 5.74) is 0. The monoisotopic (exact) mass is 252 g/mol. The summed E-state index contributed by atoms with van der Waals surface area (Å²) in [5.74, 6) is -0.412. The number of hydrogen-bond donors (Lipinski definition) is 0. The van der Waals surface area contributed by atoms with Crippen molar-refractivity contribution < 1.29 is 14.3 Å². The van der Waals surface area contributed by atoms with Gasteiger partial charge in [-0.2, -0.15) is 0 Å². The number of thioether (sulfide) groups is 1. The lowest BCUT2D eigenvalue weighted by Gasteiger charge is -2.14. The molecular weight excluding hydrogens is 236 g/mol. The molecule has 4 heteroatoms. The zero-order chi connectivity index (χ0) is 12.7. The fourth-order valence-corrected chi connectivity index (χ4v) is 2.18. The van der Waals surface area contributed by atoms with Crippen LogP contribution in [-0.2, 0) is 14.3 Å². The van der Waals surface area contributed by atoms with E-state index in [0.29, 0.717) is 6.42 Å². The predicted molar refractivity (Wildman–Crippen MR) is 67.8 cm³/mol. The summed E-state index contributed by atoms with van der Waals surface area (Å²) < 4.78 is 5.02. The van der Waals surface area contributed by atoms with Crippen molar-refractivity contribution in [3.63, 3.8) is 0 Å². The minimum atomic E-state index is -0.636. The molecule has 0 bridgehead atoms. The fourth-order valence-electron chi connectivity index (χ4n) is 1.36. The standard InChI is InChI=1S/C13H16O3S/c1-3-7-12(16-10(2)14)13(15)17-11-8-5-4-6-9-11/h4-6,8-9,12H,3,7H2,1-2H3. The number of hydrogen-bond acceptors (Lipinski definition) is 4. The van der Waals surface area contributed by atoms with Crippen molar-refractivity contribution in [2.75, 3.05) is 0 Å². The molecule has 0 spiro atoms. The van der Waals surface area contributed by atoms with E-state index in [-0.39, 0.29) is 5.12 Å². The first-order chi connectivity index (χ1) is 8.13. The lowest BCUT2D eigenvalue weighted by atomic mass is 10.2. The molecule has 0 heterocycles. The molecule has 1 rings (SSSR count). The van der Waals surface area contributed by atoms with Gasteiger partial charge in [0.05, 0.1) is 0 Å². The van der Waals surface area contributed by atoms with Crippen molar-refractivity contribution in [3.8, 4) is 0 Å². The Bertz CT molecular complexity index is 376. The first-order valence-corrected chi connectivity index (χ1v) is 6.39. The van der Waals surface area contributed by atoms with Crippen LogP contribution in [0.3, 0.4) is 0 Å². The third-order valence-corrected chi connectivity index (χ3v) is 3.06. The van der Waals surface area contributed by atoms with Crippen LogP contribution in [0.5, 0.6) is 0 Å². The first kappa shape index (κ1) is 13.8. The van der Waals surface area contributed by atoms with Crippen LogP contribution in [0.4, 0.5) is 0 Å². The molecule has 0 fully saturated rings. The van der Waals surface area contributed by atoms with E-state index in [1.54, 1.807) is 0 Å². The van der Waals surface area contributed by atoms with Gasteiger partial charge in [-0.3, -0.25) is 9.59 Å². The molecule has 0 aliphatic carbocycles. The maximum Gasteiger partial charge on any atom is 0.303 e. The van der Waals surface area contributed by atoms with Gasteiger partial charge in [0, 0.05) is 11.8 Å². The summed E-state index contributed by atoms with van der Waals surface area (Å²) in [7, 11) is 0. The number of esters is 1. The predicted octanol–water partition coefficient (Wildman–Crippen LogP) is 3.04. The summed E-state index contributed by atoms with van der Waals surface area (Å²) in [6, 6.07) is 9.36. The molecule has 0 aromatic heterocycles. The molecule has 0 aliphatic heterocycles. The van der Waals surface area contributed by atoms with Crippen molar-refractivity contribution in [3.05, 3.63) is 30.3 Å². The van der Waals surface area contributed by atoms with Crippen LogP contribution in [0.25, 0.3) is 0 Å². The zero-order valence-corrected chi connectivity index (χ0v) is 10.8. The molecule has 0 saturated heterocycles. The van der Waals surface area contributed by atoms with Gasteiger partial charge in [0.15, 0.2) is 6.10 Å². The lowest BCUT2D eigenvalue weighted by molar-refractivity contribution is -0.150. The average molecular weight is 252 g/mol. The van der Waals surface area contributed by atoms with E-state index in [1.807, 2.05) is 37.3 Å². The Hall–Kier alpha value is -1.29. The fraction of sp³-hybridized carbons (Fsp3) is 0.385. The highest BCUT2D eigenvalue weighted by molar-refractivity contribution is 8.13. The number of rotatable bonds is 5. The van der Waals surface area contributed by atoms with E-state index in [4.69, 9.17) is 4.74 Å². The average Bonchev–Trinajstić information content (AvgIpc) is 2.29. The maximum absolute atomic E-state index is 11.9. The molecule has 92 valence electrons. The second-order valence-corrected chi connectivity index (χ2v) is 4.70. The number of ether oxygens (including phenoxy) is 1. The van der Waals surface area contributed by atoms with Crippen molar-refractivity contribution >= 4 is 22.8 Å². The van der Waals surface area contributed by atoms with Crippen LogP contribution in [0, 0.1) is 0 Å². The van der Waals surface area contributed by atoms with Gasteiger partial charge in [0.1, 0.15) is 0 Å². The van der Waals surface area contributed by atoms with Crippen molar-refractivity contribution in [2.45, 2.75) is 37.7 Å². The van der Waals surface area contributed by atoms with Crippen molar-refractivity contribution in [1.82, 2.24) is 0 Å². The molecule has 3 nitrogen and oxygen atoms in total. The van der Waals surface area contributed by atoms with Gasteiger partial charge in [0.25, 0.3) is 0 Å². The van der Waals surface area contributed by atoms with Gasteiger partial charge in [-0.1, -0.05) is 31.5 Å². The normalized spacial score (nSPS) is 11.9. The van der Waals surface area contributed by atoms with Gasteiger partial charge in [0.2, 0.25) is 5.12 Å². The van der Waals surface area contributed by atoms with E-state index in [0.717, 1.165) is 23.1 Å². The maximum atomic E-state index is 11.9. The molecule has 0 aliphatic rings. The van der Waals surface area contributed by atoms with E-state index < -0.39 is 12.1 Å². The molecule has 1 aromatic carbocycles. The van der Waals surface area contributed by atoms with E-state index in [1.165, 1.54) is 6.92 Å². The Balaban J connectivity index is 2.62. The Labute approximate surface area is 106 Å². The number of benzene rings is 1. The van der Waals surface area contributed by atoms with Gasteiger partial charge in [-0.25, -0.2) is 0 Å². The molecule has 1 unspecified atom stereocenters. The topological polar surface area (TPSA) is 43.4 Å². The molecule has 0 amide bonds. The van der Waals surface area contributed by atoms with Crippen LogP contribution in [0.1, 0.15) is 26.7 Å². The minimum Gasteiger partial charge on any atom is -0.454 e. The summed E-state index contributed by atoms with van der Waals surface area (Å²) in [4.78, 5) is 23.7. The van der Waals surface area contributed by atoms with Gasteiger partial charge >= 0.3 is 5.97 Å². The SMILES string of the molecule is CCCC(OC(C)=O)C(=O)Sc1ccccc1. The first-order valence-electron chi connectivity index (χ1n) is 5.57. The molecular formula is C13H16O3S. The molecule has 0 N–H and O–H groups in total. The second kappa shape index (κ2) is 7.12. The van der Waals surface area contributed by atoms with Crippen LogP contribution >= 0.6 is 11.8 Å². The summed E-state index contributed by atoms with van der Waals surface area (Å²) in [5, 5.41) is -0.117. The second-order valence-electron chi connectivity index (χ2n) is 3.62. The van der Waals surface area contributed by atoms with E-state index in [2.05, 4.69) is 0 Å². The van der Waals surface area contributed by atoms with Crippen LogP contribution < -0.4 is 0 Å². The van der Waals surface area contributed by atoms with Crippen LogP contribution in [-0.4, -0.2) is 17.2 Å². The van der Waals surface area contributed by atoms with Gasteiger partial charge < -0.3 is 4.74 Å². The third-order valence-electron chi connectivity index (χ3n) is 2.08. The summed E-state index contributed by atoms with van der Waals surface area (Å²) in [6.07, 6.45) is 0.736. The van der Waals surface area contributed by atoms with Crippen molar-refractivity contribution in [1.29, 1.82) is 0 Å². The van der Waals surface area contributed by atoms with E-state index in [9.17, 15) is 9.59 Å². The quantitative estimate of drug-likeness (QED) is 0.597. The Morgan fingerprint density at radius 2 is 1.94 bits per heavy atom. The number of carbonyl (C=O) groups excluding carboxylic acids is 2. The smallest absolute Gasteiger partial charge is 0.303 e.